The number of halogens is 1. The minimum absolute atomic E-state index is 0.147. The molecule has 11 heteroatoms. The van der Waals surface area contributed by atoms with E-state index >= 15 is 0 Å². The van der Waals surface area contributed by atoms with E-state index in [0.29, 0.717) is 23.7 Å². The molecular formula is C31H39ClN4O6. The molecule has 2 N–H and O–H groups in total. The second-order valence-electron chi connectivity index (χ2n) is 12.5. The Morgan fingerprint density at radius 1 is 0.905 bits per heavy atom. The van der Waals surface area contributed by atoms with E-state index in [0.717, 1.165) is 16.7 Å². The third-order valence-electron chi connectivity index (χ3n) is 6.93. The van der Waals surface area contributed by atoms with E-state index < -0.39 is 35.3 Å². The van der Waals surface area contributed by atoms with E-state index in [1.807, 2.05) is 18.2 Å². The number of rotatable bonds is 6. The van der Waals surface area contributed by atoms with E-state index in [4.69, 9.17) is 21.1 Å². The second kappa shape index (κ2) is 12.2. The molecule has 0 bridgehead atoms. The van der Waals surface area contributed by atoms with Crippen molar-refractivity contribution in [2.75, 3.05) is 18.0 Å². The second-order valence-corrected chi connectivity index (χ2v) is 13.0. The summed E-state index contributed by atoms with van der Waals surface area (Å²) >= 11 is 6.22. The number of likely N-dealkylation sites (tertiary alicyclic amines) is 1. The number of benzene rings is 2. The van der Waals surface area contributed by atoms with Crippen LogP contribution < -0.4 is 15.5 Å². The number of anilines is 1. The molecule has 4 rings (SSSR count). The first kappa shape index (κ1) is 31.2. The zero-order valence-corrected chi connectivity index (χ0v) is 25.7. The maximum Gasteiger partial charge on any atom is 0.414 e. The highest BCUT2D eigenvalue weighted by atomic mass is 35.5. The molecule has 2 aromatic carbocycles. The molecule has 0 saturated carbocycles. The minimum Gasteiger partial charge on any atom is -0.444 e. The van der Waals surface area contributed by atoms with Gasteiger partial charge in [-0.1, -0.05) is 35.9 Å². The van der Waals surface area contributed by atoms with Crippen LogP contribution in [0.25, 0.3) is 0 Å². The Hall–Kier alpha value is -3.79. The van der Waals surface area contributed by atoms with E-state index in [1.54, 1.807) is 70.7 Å². The smallest absolute Gasteiger partial charge is 0.414 e. The summed E-state index contributed by atoms with van der Waals surface area (Å²) in [6, 6.07) is 11.9. The lowest BCUT2D eigenvalue weighted by Gasteiger charge is -2.41. The molecule has 1 unspecified atom stereocenters. The number of carbonyl (C=O) groups is 4. The van der Waals surface area contributed by atoms with E-state index in [1.165, 1.54) is 4.90 Å². The SMILES string of the molecule is CC(C)(C)OC(=O)NCc1ccc(Cl)cc1CNC(=O)[C@@H]1CCN1C(=O)C1CN(C(=O)OC(C)(C)C)c2ccccc21. The molecule has 2 heterocycles. The molecule has 1 saturated heterocycles. The number of ether oxygens (including phenoxy) is 2. The number of fused-ring (bicyclic) bond motifs is 1. The number of hydrogen-bond donors (Lipinski definition) is 2. The summed E-state index contributed by atoms with van der Waals surface area (Å²) in [7, 11) is 0. The van der Waals surface area contributed by atoms with Crippen LogP contribution in [-0.2, 0) is 32.2 Å². The van der Waals surface area contributed by atoms with Gasteiger partial charge in [0.25, 0.3) is 0 Å². The number of nitrogens with one attached hydrogen (secondary N) is 2. The van der Waals surface area contributed by atoms with Crippen molar-refractivity contribution in [3.8, 4) is 0 Å². The molecule has 0 spiro atoms. The van der Waals surface area contributed by atoms with Crippen LogP contribution in [0.5, 0.6) is 0 Å². The van der Waals surface area contributed by atoms with Crippen molar-refractivity contribution >= 4 is 41.3 Å². The zero-order chi connectivity index (χ0) is 30.8. The third kappa shape index (κ3) is 7.53. The van der Waals surface area contributed by atoms with Crippen LogP contribution in [0.3, 0.4) is 0 Å². The molecule has 0 radical (unpaired) electrons. The van der Waals surface area contributed by atoms with Crippen molar-refractivity contribution in [2.24, 2.45) is 0 Å². The third-order valence-corrected chi connectivity index (χ3v) is 7.16. The molecular weight excluding hydrogens is 560 g/mol. The standard InChI is InChI=1S/C31H39ClN4O6/c1-30(2,3)41-28(39)34-16-19-11-12-21(32)15-20(19)17-33-26(37)25-13-14-35(25)27(38)23-18-36(29(40)42-31(4,5)6)24-10-8-7-9-22(23)24/h7-12,15,23,25H,13-14,16-18H2,1-6H3,(H,33,37)(H,34,39)/t23?,25-/m0/s1. The van der Waals surface area contributed by atoms with E-state index in [2.05, 4.69) is 10.6 Å². The van der Waals surface area contributed by atoms with Gasteiger partial charge in [-0.2, -0.15) is 0 Å². The fraction of sp³-hybridized carbons (Fsp3) is 0.484. The summed E-state index contributed by atoms with van der Waals surface area (Å²) in [6.07, 6.45) is -0.527. The maximum absolute atomic E-state index is 13.7. The largest absolute Gasteiger partial charge is 0.444 e. The Morgan fingerprint density at radius 2 is 1.57 bits per heavy atom. The summed E-state index contributed by atoms with van der Waals surface area (Å²) in [5.74, 6) is -1.08. The predicted octanol–water partition coefficient (Wildman–Crippen LogP) is 5.12. The summed E-state index contributed by atoms with van der Waals surface area (Å²) in [4.78, 5) is 55.0. The molecule has 2 aliphatic rings. The van der Waals surface area contributed by atoms with Gasteiger partial charge in [-0.05, 0) is 82.9 Å². The van der Waals surface area contributed by atoms with Crippen LogP contribution in [0.4, 0.5) is 15.3 Å². The zero-order valence-electron chi connectivity index (χ0n) is 25.0. The Bertz CT molecular complexity index is 1370. The van der Waals surface area contributed by atoms with Crippen LogP contribution >= 0.6 is 11.6 Å². The van der Waals surface area contributed by atoms with Gasteiger partial charge >= 0.3 is 12.2 Å². The van der Waals surface area contributed by atoms with Crippen molar-refractivity contribution in [1.29, 1.82) is 0 Å². The molecule has 2 aliphatic heterocycles. The molecule has 2 atom stereocenters. The highest BCUT2D eigenvalue weighted by molar-refractivity contribution is 6.30. The van der Waals surface area contributed by atoms with Crippen LogP contribution in [0.1, 0.15) is 70.6 Å². The topological polar surface area (TPSA) is 117 Å². The average Bonchev–Trinajstić information content (AvgIpc) is 3.24. The van der Waals surface area contributed by atoms with Crippen molar-refractivity contribution in [3.63, 3.8) is 0 Å². The predicted molar refractivity (Wildman–Crippen MR) is 159 cm³/mol. The lowest BCUT2D eigenvalue weighted by Crippen LogP contribution is -2.59. The Balaban J connectivity index is 1.39. The van der Waals surface area contributed by atoms with Gasteiger partial charge in [0.15, 0.2) is 0 Å². The van der Waals surface area contributed by atoms with Crippen molar-refractivity contribution < 1.29 is 28.7 Å². The number of carbonyl (C=O) groups excluding carboxylic acids is 4. The molecule has 2 aromatic rings. The van der Waals surface area contributed by atoms with Crippen LogP contribution in [-0.4, -0.2) is 59.2 Å². The molecule has 1 fully saturated rings. The Morgan fingerprint density at radius 3 is 2.21 bits per heavy atom. The average molecular weight is 599 g/mol. The first-order valence-corrected chi connectivity index (χ1v) is 14.4. The molecule has 0 aliphatic carbocycles. The number of amides is 4. The van der Waals surface area contributed by atoms with Gasteiger partial charge in [-0.25, -0.2) is 9.59 Å². The Labute approximate surface area is 251 Å². The normalized spacial score (nSPS) is 18.1. The first-order chi connectivity index (χ1) is 19.6. The summed E-state index contributed by atoms with van der Waals surface area (Å²) in [6.45, 7) is 11.7. The summed E-state index contributed by atoms with van der Waals surface area (Å²) in [5, 5.41) is 6.14. The lowest BCUT2D eigenvalue weighted by molar-refractivity contribution is -0.148. The molecule has 42 heavy (non-hydrogen) atoms. The number of nitrogens with zero attached hydrogens (tertiary/aromatic N) is 2. The van der Waals surface area contributed by atoms with E-state index in [-0.39, 0.29) is 31.4 Å². The van der Waals surface area contributed by atoms with Gasteiger partial charge in [0, 0.05) is 31.2 Å². The van der Waals surface area contributed by atoms with Crippen LogP contribution in [0.2, 0.25) is 5.02 Å². The minimum atomic E-state index is -0.677. The van der Waals surface area contributed by atoms with Gasteiger partial charge in [-0.15, -0.1) is 0 Å². The van der Waals surface area contributed by atoms with Crippen molar-refractivity contribution in [2.45, 2.75) is 84.2 Å². The summed E-state index contributed by atoms with van der Waals surface area (Å²) in [5.41, 5.74) is 1.59. The van der Waals surface area contributed by atoms with Crippen LogP contribution in [0.15, 0.2) is 42.5 Å². The first-order valence-electron chi connectivity index (χ1n) is 14.0. The molecule has 0 aromatic heterocycles. The van der Waals surface area contributed by atoms with Gasteiger partial charge < -0.3 is 25.0 Å². The van der Waals surface area contributed by atoms with Crippen molar-refractivity contribution in [1.82, 2.24) is 15.5 Å². The number of hydrogen-bond acceptors (Lipinski definition) is 6. The van der Waals surface area contributed by atoms with Gasteiger partial charge in [-0.3, -0.25) is 14.5 Å². The van der Waals surface area contributed by atoms with Gasteiger partial charge in [0.2, 0.25) is 11.8 Å². The fourth-order valence-electron chi connectivity index (χ4n) is 4.95. The van der Waals surface area contributed by atoms with Crippen LogP contribution in [0, 0.1) is 0 Å². The quantitative estimate of drug-likeness (QED) is 0.477. The van der Waals surface area contributed by atoms with E-state index in [9.17, 15) is 19.2 Å². The fourth-order valence-corrected chi connectivity index (χ4v) is 5.14. The Kier molecular flexibility index (Phi) is 9.06. The highest BCUT2D eigenvalue weighted by Gasteiger charge is 2.45. The highest BCUT2D eigenvalue weighted by Crippen LogP contribution is 2.39. The monoisotopic (exact) mass is 598 g/mol. The number of alkyl carbamates (subject to hydrolysis) is 1. The molecule has 4 amide bonds. The molecule has 10 nitrogen and oxygen atoms in total. The van der Waals surface area contributed by atoms with Gasteiger partial charge in [0.05, 0.1) is 11.6 Å². The lowest BCUT2D eigenvalue weighted by atomic mass is 9.94. The summed E-state index contributed by atoms with van der Waals surface area (Å²) < 4.78 is 10.9. The number of para-hydroxylation sites is 1. The van der Waals surface area contributed by atoms with Gasteiger partial charge in [0.1, 0.15) is 17.2 Å². The van der Waals surface area contributed by atoms with Crippen molar-refractivity contribution in [3.05, 3.63) is 64.2 Å². The maximum atomic E-state index is 13.7. The molecule has 226 valence electrons.